The largest absolute Gasteiger partial charge is 0.443 e. The smallest absolute Gasteiger partial charge is 0.408 e. The Labute approximate surface area is 240 Å². The van der Waals surface area contributed by atoms with E-state index in [1.165, 1.54) is 0 Å². The maximum absolute atomic E-state index is 13.5. The van der Waals surface area contributed by atoms with Gasteiger partial charge in [-0.15, -0.1) is 0 Å². The quantitative estimate of drug-likeness (QED) is 0.228. The van der Waals surface area contributed by atoms with Gasteiger partial charge in [-0.25, -0.2) is 4.79 Å². The highest BCUT2D eigenvalue weighted by Gasteiger charge is 2.38. The molecule has 40 heavy (non-hydrogen) atoms. The van der Waals surface area contributed by atoms with Gasteiger partial charge in [0.2, 0.25) is 17.3 Å². The van der Waals surface area contributed by atoms with Gasteiger partial charge in [-0.3, -0.25) is 14.1 Å². The van der Waals surface area contributed by atoms with Crippen molar-refractivity contribution >= 4 is 39.6 Å². The highest BCUT2D eigenvalue weighted by atomic mass is 35.5. The first-order valence-electron chi connectivity index (χ1n) is 13.7. The zero-order chi connectivity index (χ0) is 29.5. The van der Waals surface area contributed by atoms with Crippen LogP contribution in [-0.2, 0) is 30.9 Å². The number of aliphatic hydroxyl groups excluding tert-OH is 1. The van der Waals surface area contributed by atoms with E-state index in [1.807, 2.05) is 6.07 Å². The van der Waals surface area contributed by atoms with Gasteiger partial charge in [0.05, 0.1) is 6.04 Å². The lowest BCUT2D eigenvalue weighted by Crippen LogP contribution is -2.55. The molecule has 1 aromatic carbocycles. The number of alkyl carbamates (subject to hydrolysis) is 1. The Morgan fingerprint density at radius 2 is 1.85 bits per heavy atom. The second-order valence-corrected chi connectivity index (χ2v) is 13.4. The Kier molecular flexibility index (Phi) is 11.2. The fraction of sp³-hybridized carbons (Fsp3) is 0.667. The van der Waals surface area contributed by atoms with Crippen LogP contribution in [0.2, 0.25) is 5.02 Å². The SMILES string of the molecule is CC(C)(Cc1cccc(Cl)c1)OC(=O)N[C@@H](CC1CCCCC1)C(=O)N[C@@H](C[C@@H]1CCNC1=O)C(O)S(=O)(=O)O. The predicted octanol–water partition coefficient (Wildman–Crippen LogP) is 2.94. The number of halogens is 1. The first-order valence-corrected chi connectivity index (χ1v) is 15.6. The average molecular weight is 602 g/mol. The lowest BCUT2D eigenvalue weighted by atomic mass is 9.84. The maximum Gasteiger partial charge on any atom is 0.408 e. The summed E-state index contributed by atoms with van der Waals surface area (Å²) in [5, 5.41) is 18.6. The summed E-state index contributed by atoms with van der Waals surface area (Å²) in [4.78, 5) is 38.5. The van der Waals surface area contributed by atoms with Gasteiger partial charge in [-0.1, -0.05) is 55.8 Å². The normalized spacial score (nSPS) is 20.7. The van der Waals surface area contributed by atoms with Gasteiger partial charge in [-0.05, 0) is 56.7 Å². The van der Waals surface area contributed by atoms with E-state index in [0.29, 0.717) is 24.4 Å². The van der Waals surface area contributed by atoms with E-state index < -0.39 is 51.2 Å². The number of aliphatic hydroxyl groups is 1. The molecular weight excluding hydrogens is 562 g/mol. The van der Waals surface area contributed by atoms with Crippen LogP contribution in [-0.4, -0.2) is 65.7 Å². The van der Waals surface area contributed by atoms with Gasteiger partial charge >= 0.3 is 6.09 Å². The minimum absolute atomic E-state index is 0.148. The Balaban J connectivity index is 1.74. The molecule has 0 aromatic heterocycles. The van der Waals surface area contributed by atoms with Gasteiger partial charge in [0, 0.05) is 23.9 Å². The molecule has 1 aromatic rings. The average Bonchev–Trinajstić information content (AvgIpc) is 3.26. The van der Waals surface area contributed by atoms with Crippen LogP contribution in [0.3, 0.4) is 0 Å². The Hall–Kier alpha value is -2.41. The third kappa shape index (κ3) is 9.90. The molecule has 11 nitrogen and oxygen atoms in total. The highest BCUT2D eigenvalue weighted by Crippen LogP contribution is 2.28. The lowest BCUT2D eigenvalue weighted by Gasteiger charge is -2.31. The van der Waals surface area contributed by atoms with Gasteiger partial charge < -0.3 is 25.8 Å². The van der Waals surface area contributed by atoms with Crippen LogP contribution in [0.25, 0.3) is 0 Å². The number of hydrogen-bond acceptors (Lipinski definition) is 7. The molecule has 0 bridgehead atoms. The molecule has 4 atom stereocenters. The number of hydrogen-bond donors (Lipinski definition) is 5. The second-order valence-electron chi connectivity index (χ2n) is 11.4. The van der Waals surface area contributed by atoms with E-state index in [9.17, 15) is 32.5 Å². The number of benzene rings is 1. The van der Waals surface area contributed by atoms with Crippen LogP contribution in [0.5, 0.6) is 0 Å². The first-order chi connectivity index (χ1) is 18.7. The van der Waals surface area contributed by atoms with Crippen molar-refractivity contribution in [1.82, 2.24) is 16.0 Å². The van der Waals surface area contributed by atoms with E-state index in [4.69, 9.17) is 16.3 Å². The van der Waals surface area contributed by atoms with Gasteiger partial charge in [-0.2, -0.15) is 8.42 Å². The van der Waals surface area contributed by atoms with Crippen molar-refractivity contribution in [3.05, 3.63) is 34.9 Å². The predicted molar refractivity (Wildman–Crippen MR) is 149 cm³/mol. The number of rotatable bonds is 12. The lowest BCUT2D eigenvalue weighted by molar-refractivity contribution is -0.126. The minimum atomic E-state index is -4.95. The molecule has 1 saturated heterocycles. The molecule has 0 radical (unpaired) electrons. The molecule has 224 valence electrons. The molecule has 5 N–H and O–H groups in total. The molecular formula is C27H40ClN3O8S. The van der Waals surface area contributed by atoms with Crippen LogP contribution in [0.15, 0.2) is 24.3 Å². The Bertz CT molecular complexity index is 1160. The van der Waals surface area contributed by atoms with Crippen molar-refractivity contribution in [1.29, 1.82) is 0 Å². The first kappa shape index (κ1) is 32.1. The molecule has 1 aliphatic heterocycles. The number of ether oxygens (including phenoxy) is 1. The third-order valence-corrected chi connectivity index (χ3v) is 8.64. The summed E-state index contributed by atoms with van der Waals surface area (Å²) in [6, 6.07) is 4.61. The monoisotopic (exact) mass is 601 g/mol. The number of carbonyl (C=O) groups is 3. The summed E-state index contributed by atoms with van der Waals surface area (Å²) < 4.78 is 38.7. The van der Waals surface area contributed by atoms with E-state index in [-0.39, 0.29) is 24.7 Å². The third-order valence-electron chi connectivity index (χ3n) is 7.47. The molecule has 1 heterocycles. The maximum atomic E-state index is 13.5. The van der Waals surface area contributed by atoms with E-state index in [2.05, 4.69) is 16.0 Å². The second kappa shape index (κ2) is 14.0. The molecule has 3 rings (SSSR count). The van der Waals surface area contributed by atoms with Crippen molar-refractivity contribution in [3.8, 4) is 0 Å². The molecule has 2 aliphatic rings. The molecule has 3 amide bonds. The van der Waals surface area contributed by atoms with Crippen molar-refractivity contribution in [3.63, 3.8) is 0 Å². The molecule has 2 fully saturated rings. The number of nitrogens with one attached hydrogen (secondary N) is 3. The molecule has 0 spiro atoms. The van der Waals surface area contributed by atoms with E-state index >= 15 is 0 Å². The standard InChI is InChI=1S/C27H40ClN3O8S/c1-27(2,16-18-9-6-10-20(28)13-18)39-26(35)31-21(14-17-7-4-3-5-8-17)24(33)30-22(25(34)40(36,37)38)15-19-11-12-29-23(19)32/h6,9-10,13,17,19,21-22,25,34H,3-5,7-8,11-12,14-16H2,1-2H3,(H,29,32)(H,30,33)(H,31,35)(H,36,37,38)/t19-,21-,22-,25?/m0/s1. The van der Waals surface area contributed by atoms with Gasteiger partial charge in [0.25, 0.3) is 10.1 Å². The van der Waals surface area contributed by atoms with Crippen LogP contribution in [0.1, 0.15) is 70.8 Å². The molecule has 1 unspecified atom stereocenters. The van der Waals surface area contributed by atoms with Crippen LogP contribution in [0.4, 0.5) is 4.79 Å². The van der Waals surface area contributed by atoms with Crippen molar-refractivity contribution in [2.75, 3.05) is 6.54 Å². The molecule has 1 aliphatic carbocycles. The summed E-state index contributed by atoms with van der Waals surface area (Å²) in [6.45, 7) is 3.85. The van der Waals surface area contributed by atoms with Crippen LogP contribution in [0, 0.1) is 11.8 Å². The summed E-state index contributed by atoms with van der Waals surface area (Å²) in [5.41, 5.74) is -2.43. The fourth-order valence-corrected chi connectivity index (χ4v) is 6.31. The molecule has 13 heteroatoms. The molecule has 1 saturated carbocycles. The summed E-state index contributed by atoms with van der Waals surface area (Å²) in [6.07, 6.45) is 4.85. The number of carbonyl (C=O) groups excluding carboxylic acids is 3. The summed E-state index contributed by atoms with van der Waals surface area (Å²) in [7, 11) is -4.95. The summed E-state index contributed by atoms with van der Waals surface area (Å²) in [5.74, 6) is -1.57. The van der Waals surface area contributed by atoms with Crippen molar-refractivity contribution in [2.24, 2.45) is 11.8 Å². The zero-order valence-corrected chi connectivity index (χ0v) is 24.5. The number of amides is 3. The van der Waals surface area contributed by atoms with E-state index in [0.717, 1.165) is 37.7 Å². The minimum Gasteiger partial charge on any atom is -0.443 e. The van der Waals surface area contributed by atoms with Crippen molar-refractivity contribution < 1.29 is 37.2 Å². The summed E-state index contributed by atoms with van der Waals surface area (Å²) >= 11 is 6.07. The van der Waals surface area contributed by atoms with E-state index in [1.54, 1.807) is 32.0 Å². The van der Waals surface area contributed by atoms with Crippen LogP contribution < -0.4 is 16.0 Å². The fourth-order valence-electron chi connectivity index (χ4n) is 5.50. The Morgan fingerprint density at radius 3 is 2.45 bits per heavy atom. The zero-order valence-electron chi connectivity index (χ0n) is 22.9. The van der Waals surface area contributed by atoms with Gasteiger partial charge in [0.1, 0.15) is 11.6 Å². The Morgan fingerprint density at radius 1 is 1.15 bits per heavy atom. The van der Waals surface area contributed by atoms with Gasteiger partial charge in [0.15, 0.2) is 0 Å². The highest BCUT2D eigenvalue weighted by molar-refractivity contribution is 7.86. The topological polar surface area (TPSA) is 171 Å². The van der Waals surface area contributed by atoms with Crippen LogP contribution >= 0.6 is 11.6 Å². The van der Waals surface area contributed by atoms with Crippen molar-refractivity contribution in [2.45, 2.75) is 94.8 Å².